The third-order valence-corrected chi connectivity index (χ3v) is 4.92. The molecule has 0 aliphatic rings. The summed E-state index contributed by atoms with van der Waals surface area (Å²) >= 11 is 0. The Morgan fingerprint density at radius 2 is 1.67 bits per heavy atom. The maximum Gasteiger partial charge on any atom is 0.243 e. The topological polar surface area (TPSA) is 76.1 Å². The van der Waals surface area contributed by atoms with Gasteiger partial charge in [-0.05, 0) is 32.4 Å². The Bertz CT molecular complexity index is 605. The molecule has 0 aromatic heterocycles. The molecule has 0 saturated heterocycles. The Hall–Kier alpha value is -1.31. The molecule has 0 aliphatic heterocycles. The number of sulfonamides is 1. The second-order valence-corrected chi connectivity index (χ2v) is 7.56. The molecule has 7 heteroatoms. The van der Waals surface area contributed by atoms with Crippen molar-refractivity contribution in [2.24, 2.45) is 0 Å². The lowest BCUT2D eigenvalue weighted by atomic mass is 10.1. The number of benzene rings is 1. The number of rotatable bonds is 6. The highest BCUT2D eigenvalue weighted by Gasteiger charge is 2.28. The van der Waals surface area contributed by atoms with Gasteiger partial charge >= 0.3 is 0 Å². The molecule has 120 valence electrons. The fourth-order valence-corrected chi connectivity index (χ4v) is 3.58. The summed E-state index contributed by atoms with van der Waals surface area (Å²) < 4.78 is 36.7. The van der Waals surface area contributed by atoms with Gasteiger partial charge in [0, 0.05) is 19.7 Å². The molecule has 0 bridgehead atoms. The SMILES string of the molecule is COc1cc(C)c(S(=O)(=O)N(C)CC(C)(C)O)cc1OC. The highest BCUT2D eigenvalue weighted by atomic mass is 32.2. The maximum atomic E-state index is 12.6. The first kappa shape index (κ1) is 17.7. The molecule has 1 rings (SSSR count). The van der Waals surface area contributed by atoms with E-state index in [1.807, 2.05) is 0 Å². The Morgan fingerprint density at radius 1 is 1.19 bits per heavy atom. The van der Waals surface area contributed by atoms with Crippen LogP contribution in [0, 0.1) is 6.92 Å². The highest BCUT2D eigenvalue weighted by molar-refractivity contribution is 7.89. The van der Waals surface area contributed by atoms with Crippen molar-refractivity contribution in [1.29, 1.82) is 0 Å². The van der Waals surface area contributed by atoms with Crippen molar-refractivity contribution in [3.8, 4) is 11.5 Å². The van der Waals surface area contributed by atoms with Crippen LogP contribution in [0.2, 0.25) is 0 Å². The molecule has 0 aliphatic carbocycles. The van der Waals surface area contributed by atoms with Gasteiger partial charge in [-0.1, -0.05) is 0 Å². The molecule has 0 radical (unpaired) electrons. The van der Waals surface area contributed by atoms with Gasteiger partial charge in [0.1, 0.15) is 0 Å². The van der Waals surface area contributed by atoms with Crippen LogP contribution in [0.25, 0.3) is 0 Å². The van der Waals surface area contributed by atoms with Gasteiger partial charge in [0.2, 0.25) is 10.0 Å². The van der Waals surface area contributed by atoms with E-state index in [-0.39, 0.29) is 11.4 Å². The van der Waals surface area contributed by atoms with E-state index in [9.17, 15) is 13.5 Å². The predicted octanol–water partition coefficient (Wildman–Crippen LogP) is 1.40. The van der Waals surface area contributed by atoms with Crippen LogP contribution in [-0.4, -0.2) is 51.2 Å². The van der Waals surface area contributed by atoms with E-state index >= 15 is 0 Å². The van der Waals surface area contributed by atoms with Crippen LogP contribution in [0.1, 0.15) is 19.4 Å². The molecule has 6 nitrogen and oxygen atoms in total. The Labute approximate surface area is 126 Å². The molecule has 1 N–H and O–H groups in total. The first-order valence-electron chi connectivity index (χ1n) is 6.44. The van der Waals surface area contributed by atoms with Crippen molar-refractivity contribution in [3.63, 3.8) is 0 Å². The Kier molecular flexibility index (Phi) is 5.25. The molecule has 1 aromatic rings. The van der Waals surface area contributed by atoms with E-state index in [0.717, 1.165) is 4.31 Å². The first-order valence-corrected chi connectivity index (χ1v) is 7.88. The van der Waals surface area contributed by atoms with Crippen molar-refractivity contribution in [2.45, 2.75) is 31.3 Å². The van der Waals surface area contributed by atoms with Crippen molar-refractivity contribution in [2.75, 3.05) is 27.8 Å². The second-order valence-electron chi connectivity index (χ2n) is 5.55. The summed E-state index contributed by atoms with van der Waals surface area (Å²) in [5.41, 5.74) is -0.568. The summed E-state index contributed by atoms with van der Waals surface area (Å²) in [6.07, 6.45) is 0. The normalized spacial score (nSPS) is 12.6. The van der Waals surface area contributed by atoms with Crippen LogP contribution >= 0.6 is 0 Å². The fourth-order valence-electron chi connectivity index (χ4n) is 2.04. The molecule has 0 saturated carbocycles. The van der Waals surface area contributed by atoms with Gasteiger partial charge in [0.25, 0.3) is 0 Å². The number of hydrogen-bond donors (Lipinski definition) is 1. The van der Waals surface area contributed by atoms with Gasteiger partial charge in [0.05, 0.1) is 24.7 Å². The number of methoxy groups -OCH3 is 2. The van der Waals surface area contributed by atoms with E-state index in [0.29, 0.717) is 17.1 Å². The molecule has 0 heterocycles. The number of ether oxygens (including phenoxy) is 2. The van der Waals surface area contributed by atoms with Crippen LogP contribution in [0.3, 0.4) is 0 Å². The number of aryl methyl sites for hydroxylation is 1. The lowest BCUT2D eigenvalue weighted by Gasteiger charge is -2.26. The third kappa shape index (κ3) is 4.09. The lowest BCUT2D eigenvalue weighted by molar-refractivity contribution is 0.0640. The molecule has 0 amide bonds. The first-order chi connectivity index (χ1) is 9.52. The zero-order valence-corrected chi connectivity index (χ0v) is 14.1. The Morgan fingerprint density at radius 3 is 2.10 bits per heavy atom. The van der Waals surface area contributed by atoms with Crippen LogP contribution in [0.4, 0.5) is 0 Å². The van der Waals surface area contributed by atoms with Gasteiger partial charge in [-0.25, -0.2) is 8.42 Å². The summed E-state index contributed by atoms with van der Waals surface area (Å²) in [6, 6.07) is 3.05. The molecular formula is C14H23NO5S. The van der Waals surface area contributed by atoms with Crippen molar-refractivity contribution in [3.05, 3.63) is 17.7 Å². The number of aliphatic hydroxyl groups is 1. The zero-order chi connectivity index (χ0) is 16.4. The molecule has 1 aromatic carbocycles. The van der Waals surface area contributed by atoms with Gasteiger partial charge in [-0.3, -0.25) is 0 Å². The molecule has 0 fully saturated rings. The van der Waals surface area contributed by atoms with Crippen molar-refractivity contribution in [1.82, 2.24) is 4.31 Å². The standard InChI is InChI=1S/C14H23NO5S/c1-10-7-11(19-5)12(20-6)8-13(10)21(17,18)15(4)9-14(2,3)16/h7-8,16H,9H2,1-6H3. The lowest BCUT2D eigenvalue weighted by Crippen LogP contribution is -2.39. The quantitative estimate of drug-likeness (QED) is 0.858. The average Bonchev–Trinajstić information content (AvgIpc) is 2.35. The van der Waals surface area contributed by atoms with E-state index in [2.05, 4.69) is 0 Å². The minimum atomic E-state index is -3.72. The van der Waals surface area contributed by atoms with E-state index < -0.39 is 15.6 Å². The summed E-state index contributed by atoms with van der Waals surface area (Å²) in [4.78, 5) is 0.131. The van der Waals surface area contributed by atoms with Crippen molar-refractivity contribution >= 4 is 10.0 Å². The van der Waals surface area contributed by atoms with E-state index in [4.69, 9.17) is 9.47 Å². The van der Waals surface area contributed by atoms with Gasteiger partial charge < -0.3 is 14.6 Å². The molecule has 0 atom stereocenters. The Balaban J connectivity index is 3.32. The van der Waals surface area contributed by atoms with Gasteiger partial charge in [0.15, 0.2) is 11.5 Å². The number of likely N-dealkylation sites (N-methyl/N-ethyl adjacent to an activating group) is 1. The second kappa shape index (κ2) is 6.21. The fraction of sp³-hybridized carbons (Fsp3) is 0.571. The van der Waals surface area contributed by atoms with Crippen molar-refractivity contribution < 1.29 is 23.0 Å². The summed E-state index contributed by atoms with van der Waals surface area (Å²) in [5.74, 6) is 0.817. The van der Waals surface area contributed by atoms with E-state index in [1.54, 1.807) is 26.8 Å². The van der Waals surface area contributed by atoms with Crippen LogP contribution in [0.5, 0.6) is 11.5 Å². The number of nitrogens with zero attached hydrogens (tertiary/aromatic N) is 1. The number of hydrogen-bond acceptors (Lipinski definition) is 5. The third-order valence-electron chi connectivity index (χ3n) is 2.98. The minimum Gasteiger partial charge on any atom is -0.493 e. The van der Waals surface area contributed by atoms with E-state index in [1.165, 1.54) is 27.3 Å². The smallest absolute Gasteiger partial charge is 0.243 e. The zero-order valence-electron chi connectivity index (χ0n) is 13.3. The monoisotopic (exact) mass is 317 g/mol. The molecule has 0 spiro atoms. The van der Waals surface area contributed by atoms with Gasteiger partial charge in [-0.2, -0.15) is 4.31 Å². The summed E-state index contributed by atoms with van der Waals surface area (Å²) in [6.45, 7) is 4.79. The molecule has 21 heavy (non-hydrogen) atoms. The predicted molar refractivity (Wildman–Crippen MR) is 80.4 cm³/mol. The minimum absolute atomic E-state index is 0.0108. The largest absolute Gasteiger partial charge is 0.493 e. The van der Waals surface area contributed by atoms with Crippen LogP contribution < -0.4 is 9.47 Å². The molecular weight excluding hydrogens is 294 g/mol. The van der Waals surface area contributed by atoms with Crippen LogP contribution in [-0.2, 0) is 10.0 Å². The molecule has 0 unspecified atom stereocenters. The summed E-state index contributed by atoms with van der Waals surface area (Å²) in [7, 11) is 0.652. The van der Waals surface area contributed by atoms with Gasteiger partial charge in [-0.15, -0.1) is 0 Å². The van der Waals surface area contributed by atoms with Crippen LogP contribution in [0.15, 0.2) is 17.0 Å². The average molecular weight is 317 g/mol. The highest BCUT2D eigenvalue weighted by Crippen LogP contribution is 2.33. The summed E-state index contributed by atoms with van der Waals surface area (Å²) in [5, 5.41) is 9.80. The maximum absolute atomic E-state index is 12.6.